The second-order valence-corrected chi connectivity index (χ2v) is 8.95. The van der Waals surface area contributed by atoms with Gasteiger partial charge >= 0.3 is 6.18 Å². The summed E-state index contributed by atoms with van der Waals surface area (Å²) >= 11 is 3.31. The highest BCUT2D eigenvalue weighted by Crippen LogP contribution is 2.43. The first kappa shape index (κ1) is 20.5. The molecule has 0 aliphatic heterocycles. The molecule has 3 aromatic rings. The van der Waals surface area contributed by atoms with Crippen molar-refractivity contribution in [2.24, 2.45) is 0 Å². The zero-order valence-corrected chi connectivity index (χ0v) is 16.8. The van der Waals surface area contributed by atoms with Gasteiger partial charge in [-0.3, -0.25) is 0 Å². The molecule has 0 amide bonds. The van der Waals surface area contributed by atoms with E-state index >= 15 is 0 Å². The Labute approximate surface area is 166 Å². The van der Waals surface area contributed by atoms with Crippen molar-refractivity contribution >= 4 is 25.8 Å². The minimum atomic E-state index is -4.88. The second kappa shape index (κ2) is 7.00. The van der Waals surface area contributed by atoms with Gasteiger partial charge in [-0.15, -0.1) is 0 Å². The first-order valence-electron chi connectivity index (χ1n) is 7.73. The fraction of sp³-hybridized carbons (Fsp3) is 0.167. The van der Waals surface area contributed by atoms with Crippen molar-refractivity contribution in [1.29, 1.82) is 0 Å². The summed E-state index contributed by atoms with van der Waals surface area (Å²) in [5.41, 5.74) is 0.290. The van der Waals surface area contributed by atoms with Crippen LogP contribution in [0.4, 0.5) is 17.6 Å². The van der Waals surface area contributed by atoms with Gasteiger partial charge in [-0.1, -0.05) is 33.2 Å². The lowest BCUT2D eigenvalue weighted by atomic mass is 9.98. The van der Waals surface area contributed by atoms with Gasteiger partial charge in [0.25, 0.3) is 0 Å². The maximum atomic E-state index is 14.3. The quantitative estimate of drug-likeness (QED) is 0.458. The summed E-state index contributed by atoms with van der Waals surface area (Å²) in [6.07, 6.45) is -4.07. The predicted molar refractivity (Wildman–Crippen MR) is 97.9 cm³/mol. The summed E-state index contributed by atoms with van der Waals surface area (Å²) in [5, 5.41) is 3.55. The summed E-state index contributed by atoms with van der Waals surface area (Å²) in [4.78, 5) is -0.609. The zero-order chi connectivity index (χ0) is 20.9. The van der Waals surface area contributed by atoms with Gasteiger partial charge in [0, 0.05) is 16.3 Å². The van der Waals surface area contributed by atoms with E-state index in [9.17, 15) is 26.0 Å². The molecule has 0 N–H and O–H groups in total. The van der Waals surface area contributed by atoms with Crippen LogP contribution in [0.2, 0.25) is 0 Å². The highest BCUT2D eigenvalue weighted by molar-refractivity contribution is 9.10. The van der Waals surface area contributed by atoms with Gasteiger partial charge < -0.3 is 4.52 Å². The average molecular weight is 478 g/mol. The molecule has 0 atom stereocenters. The summed E-state index contributed by atoms with van der Waals surface area (Å²) in [7, 11) is -3.87. The van der Waals surface area contributed by atoms with Crippen molar-refractivity contribution in [1.82, 2.24) is 5.16 Å². The number of halogens is 5. The van der Waals surface area contributed by atoms with Crippen molar-refractivity contribution in [2.45, 2.75) is 18.0 Å². The highest BCUT2D eigenvalue weighted by atomic mass is 79.9. The number of rotatable bonds is 3. The molecule has 3 rings (SSSR count). The highest BCUT2D eigenvalue weighted by Gasteiger charge is 2.41. The minimum Gasteiger partial charge on any atom is -0.350 e. The summed E-state index contributed by atoms with van der Waals surface area (Å²) in [6, 6.07) is 7.53. The van der Waals surface area contributed by atoms with Crippen LogP contribution in [-0.2, 0) is 16.0 Å². The lowest BCUT2D eigenvalue weighted by Crippen LogP contribution is -2.06. The number of benzene rings is 2. The Morgan fingerprint density at radius 1 is 1.07 bits per heavy atom. The van der Waals surface area contributed by atoms with Crippen molar-refractivity contribution < 1.29 is 30.5 Å². The molecule has 0 saturated carbocycles. The van der Waals surface area contributed by atoms with Crippen LogP contribution in [0, 0.1) is 12.7 Å². The van der Waals surface area contributed by atoms with Gasteiger partial charge in [-0.25, -0.2) is 12.8 Å². The number of sulfone groups is 1. The van der Waals surface area contributed by atoms with E-state index in [0.29, 0.717) is 5.56 Å². The summed E-state index contributed by atoms with van der Waals surface area (Å²) in [6.45, 7) is 1.75. The van der Waals surface area contributed by atoms with Crippen molar-refractivity contribution in [3.63, 3.8) is 0 Å². The minimum absolute atomic E-state index is 0.130. The SMILES string of the molecule is Cc1cc(-c2noc(C(F)(F)F)c2-c2ccc(S(C)(=O)=O)c(F)c2)ccc1Br. The van der Waals surface area contributed by atoms with E-state index in [4.69, 9.17) is 0 Å². The molecule has 0 aliphatic carbocycles. The molecular formula is C18H12BrF4NO3S. The Bertz CT molecular complexity index is 1170. The van der Waals surface area contributed by atoms with Gasteiger partial charge in [-0.05, 0) is 42.3 Å². The maximum Gasteiger partial charge on any atom is 0.453 e. The number of hydrogen-bond acceptors (Lipinski definition) is 4. The van der Waals surface area contributed by atoms with E-state index in [2.05, 4.69) is 25.6 Å². The molecule has 1 aromatic heterocycles. The van der Waals surface area contributed by atoms with E-state index < -0.39 is 38.0 Å². The Morgan fingerprint density at radius 2 is 1.71 bits per heavy atom. The second-order valence-electron chi connectivity index (χ2n) is 6.11. The van der Waals surface area contributed by atoms with Crippen LogP contribution in [0.5, 0.6) is 0 Å². The van der Waals surface area contributed by atoms with Gasteiger partial charge in [0.05, 0.1) is 5.56 Å². The first-order valence-corrected chi connectivity index (χ1v) is 10.4. The van der Waals surface area contributed by atoms with Crippen LogP contribution in [0.25, 0.3) is 22.4 Å². The van der Waals surface area contributed by atoms with Crippen molar-refractivity contribution in [3.8, 4) is 22.4 Å². The van der Waals surface area contributed by atoms with E-state index in [1.807, 2.05) is 0 Å². The molecular weight excluding hydrogens is 466 g/mol. The number of aryl methyl sites for hydroxylation is 1. The zero-order valence-electron chi connectivity index (χ0n) is 14.4. The molecule has 0 fully saturated rings. The third-order valence-electron chi connectivity index (χ3n) is 4.00. The largest absolute Gasteiger partial charge is 0.453 e. The molecule has 0 aliphatic rings. The third kappa shape index (κ3) is 3.83. The fourth-order valence-corrected chi connectivity index (χ4v) is 3.67. The molecule has 10 heteroatoms. The molecule has 0 radical (unpaired) electrons. The van der Waals surface area contributed by atoms with Crippen molar-refractivity contribution in [2.75, 3.05) is 6.26 Å². The fourth-order valence-electron chi connectivity index (χ4n) is 2.70. The molecule has 0 bridgehead atoms. The van der Waals surface area contributed by atoms with Gasteiger partial charge in [0.15, 0.2) is 9.84 Å². The molecule has 28 heavy (non-hydrogen) atoms. The smallest absolute Gasteiger partial charge is 0.350 e. The van der Waals surface area contributed by atoms with Crippen LogP contribution in [-0.4, -0.2) is 19.8 Å². The molecule has 4 nitrogen and oxygen atoms in total. The van der Waals surface area contributed by atoms with Crippen LogP contribution in [0.1, 0.15) is 11.3 Å². The lowest BCUT2D eigenvalue weighted by molar-refractivity contribution is -0.154. The maximum absolute atomic E-state index is 14.3. The van der Waals surface area contributed by atoms with Crippen LogP contribution in [0.3, 0.4) is 0 Å². The number of aromatic nitrogens is 1. The Kier molecular flexibility index (Phi) is 5.13. The number of alkyl halides is 3. The van der Waals surface area contributed by atoms with Crippen LogP contribution < -0.4 is 0 Å². The molecule has 0 saturated heterocycles. The average Bonchev–Trinajstić information content (AvgIpc) is 3.01. The third-order valence-corrected chi connectivity index (χ3v) is 6.02. The van der Waals surface area contributed by atoms with Crippen LogP contribution >= 0.6 is 15.9 Å². The first-order chi connectivity index (χ1) is 12.9. The Balaban J connectivity index is 2.28. The Morgan fingerprint density at radius 3 is 2.25 bits per heavy atom. The lowest BCUT2D eigenvalue weighted by Gasteiger charge is -2.09. The Hall–Kier alpha value is -2.20. The topological polar surface area (TPSA) is 60.2 Å². The molecule has 1 heterocycles. The van der Waals surface area contributed by atoms with E-state index in [1.165, 1.54) is 0 Å². The molecule has 148 valence electrons. The van der Waals surface area contributed by atoms with E-state index in [-0.39, 0.29) is 11.3 Å². The summed E-state index contributed by atoms with van der Waals surface area (Å²) in [5.74, 6) is -2.55. The van der Waals surface area contributed by atoms with Gasteiger partial charge in [-0.2, -0.15) is 13.2 Å². The standard InChI is InChI=1S/C18H12BrF4NO3S/c1-9-7-11(3-5-12(9)19)16-15(17(27-24-16)18(21,22)23)10-4-6-14(13(20)8-10)28(2,25)26/h3-8H,1-2H3. The predicted octanol–water partition coefficient (Wildman–Crippen LogP) is 5.64. The van der Waals surface area contributed by atoms with E-state index in [0.717, 1.165) is 34.5 Å². The molecule has 0 unspecified atom stereocenters. The van der Waals surface area contributed by atoms with Gasteiger partial charge in [0.1, 0.15) is 16.4 Å². The normalized spacial score (nSPS) is 12.4. The number of nitrogens with zero attached hydrogens (tertiary/aromatic N) is 1. The van der Waals surface area contributed by atoms with E-state index in [1.54, 1.807) is 25.1 Å². The molecule has 0 spiro atoms. The van der Waals surface area contributed by atoms with Crippen molar-refractivity contribution in [3.05, 3.63) is 58.0 Å². The van der Waals surface area contributed by atoms with Gasteiger partial charge in [0.2, 0.25) is 5.76 Å². The number of hydrogen-bond donors (Lipinski definition) is 0. The van der Waals surface area contributed by atoms with Crippen LogP contribution in [0.15, 0.2) is 50.3 Å². The molecule has 2 aromatic carbocycles. The monoisotopic (exact) mass is 477 g/mol. The summed E-state index contributed by atoms with van der Waals surface area (Å²) < 4.78 is 83.1.